The number of nitrogens with zero attached hydrogens (tertiary/aromatic N) is 1. The van der Waals surface area contributed by atoms with E-state index in [-0.39, 0.29) is 18.9 Å². The summed E-state index contributed by atoms with van der Waals surface area (Å²) in [5.74, 6) is -4.46. The van der Waals surface area contributed by atoms with Crippen LogP contribution in [0.1, 0.15) is 16.9 Å². The molecule has 1 aliphatic carbocycles. The molecule has 8 heteroatoms. The average Bonchev–Trinajstić information content (AvgIpc) is 3.27. The Bertz CT molecular complexity index is 1110. The van der Waals surface area contributed by atoms with Crippen molar-refractivity contribution in [2.45, 2.75) is 19.5 Å². The maximum Gasteiger partial charge on any atom is 0.308 e. The van der Waals surface area contributed by atoms with E-state index in [1.807, 2.05) is 72.1 Å². The molecule has 3 atom stereocenters. The molecule has 0 saturated heterocycles. The lowest BCUT2D eigenvalue weighted by atomic mass is 9.64. The molecule has 0 spiro atoms. The summed E-state index contributed by atoms with van der Waals surface area (Å²) in [5, 5.41) is 20.7. The van der Waals surface area contributed by atoms with Crippen molar-refractivity contribution in [1.82, 2.24) is 4.90 Å². The fourth-order valence-electron chi connectivity index (χ4n) is 4.05. The van der Waals surface area contributed by atoms with Gasteiger partial charge in [-0.2, -0.15) is 0 Å². The average molecular weight is 466 g/mol. The van der Waals surface area contributed by atoms with Gasteiger partial charge in [-0.15, -0.1) is 11.3 Å². The zero-order chi connectivity index (χ0) is 23.4. The Morgan fingerprint density at radius 2 is 1.55 bits per heavy atom. The first-order valence-corrected chi connectivity index (χ1v) is 11.4. The predicted molar refractivity (Wildman–Crippen MR) is 122 cm³/mol. The highest BCUT2D eigenvalue weighted by Gasteiger charge is 2.54. The maximum absolute atomic E-state index is 13.3. The number of amides is 1. The second-order valence-electron chi connectivity index (χ2n) is 7.98. The van der Waals surface area contributed by atoms with Crippen molar-refractivity contribution in [3.8, 4) is 11.5 Å². The van der Waals surface area contributed by atoms with Crippen molar-refractivity contribution < 1.29 is 29.3 Å². The first-order valence-electron chi connectivity index (χ1n) is 10.5. The number of ether oxygens (including phenoxy) is 1. The number of aliphatic carboxylic acids is 2. The monoisotopic (exact) mass is 465 g/mol. The molecule has 7 nitrogen and oxygen atoms in total. The lowest BCUT2D eigenvalue weighted by Gasteiger charge is -2.40. The smallest absolute Gasteiger partial charge is 0.308 e. The summed E-state index contributed by atoms with van der Waals surface area (Å²) in [6, 6.07) is 20.6. The lowest BCUT2D eigenvalue weighted by Crippen LogP contribution is -2.53. The van der Waals surface area contributed by atoms with E-state index in [1.54, 1.807) is 4.90 Å². The van der Waals surface area contributed by atoms with E-state index in [1.165, 1.54) is 11.3 Å². The van der Waals surface area contributed by atoms with Gasteiger partial charge >= 0.3 is 11.9 Å². The lowest BCUT2D eigenvalue weighted by molar-refractivity contribution is -0.172. The van der Waals surface area contributed by atoms with Crippen LogP contribution < -0.4 is 4.74 Å². The van der Waals surface area contributed by atoms with E-state index in [2.05, 4.69) is 0 Å². The van der Waals surface area contributed by atoms with E-state index in [9.17, 15) is 24.6 Å². The third-order valence-corrected chi connectivity index (χ3v) is 6.67. The first-order chi connectivity index (χ1) is 15.9. The number of rotatable bonds is 9. The van der Waals surface area contributed by atoms with Gasteiger partial charge in [0.25, 0.3) is 0 Å². The van der Waals surface area contributed by atoms with Crippen molar-refractivity contribution in [2.24, 2.45) is 17.8 Å². The van der Waals surface area contributed by atoms with Gasteiger partial charge in [-0.25, -0.2) is 0 Å². The molecule has 1 saturated carbocycles. The minimum absolute atomic E-state index is 0.0376. The molecule has 33 heavy (non-hydrogen) atoms. The molecule has 170 valence electrons. The topological polar surface area (TPSA) is 104 Å². The van der Waals surface area contributed by atoms with Crippen molar-refractivity contribution in [3.05, 3.63) is 82.6 Å². The van der Waals surface area contributed by atoms with Crippen LogP contribution in [0.5, 0.6) is 11.5 Å². The number of carbonyl (C=O) groups is 3. The van der Waals surface area contributed by atoms with Gasteiger partial charge in [-0.3, -0.25) is 14.4 Å². The first kappa shape index (κ1) is 22.5. The molecule has 1 aromatic heterocycles. The second-order valence-corrected chi connectivity index (χ2v) is 9.02. The summed E-state index contributed by atoms with van der Waals surface area (Å²) in [4.78, 5) is 38.9. The van der Waals surface area contributed by atoms with Crippen LogP contribution in [-0.2, 0) is 27.5 Å². The van der Waals surface area contributed by atoms with Gasteiger partial charge in [0.05, 0.1) is 24.3 Å². The highest BCUT2D eigenvalue weighted by atomic mass is 32.1. The third kappa shape index (κ3) is 5.23. The number of carbonyl (C=O) groups excluding carboxylic acids is 1. The van der Waals surface area contributed by atoms with Crippen LogP contribution in [0.3, 0.4) is 0 Å². The van der Waals surface area contributed by atoms with Gasteiger partial charge in [0, 0.05) is 11.4 Å². The molecule has 1 heterocycles. The van der Waals surface area contributed by atoms with Crippen LogP contribution in [0.4, 0.5) is 0 Å². The molecular weight excluding hydrogens is 442 g/mol. The van der Waals surface area contributed by atoms with E-state index >= 15 is 0 Å². The predicted octanol–water partition coefficient (Wildman–Crippen LogP) is 4.49. The maximum atomic E-state index is 13.3. The summed E-state index contributed by atoms with van der Waals surface area (Å²) in [6.07, 6.45) is 0.0376. The number of carboxylic acid groups (broad SMARTS) is 2. The van der Waals surface area contributed by atoms with Crippen LogP contribution in [0.15, 0.2) is 72.1 Å². The molecule has 2 aromatic carbocycles. The van der Waals surface area contributed by atoms with Crippen molar-refractivity contribution in [1.29, 1.82) is 0 Å². The highest BCUT2D eigenvalue weighted by molar-refractivity contribution is 7.09. The Morgan fingerprint density at radius 3 is 2.15 bits per heavy atom. The van der Waals surface area contributed by atoms with E-state index < -0.39 is 29.7 Å². The van der Waals surface area contributed by atoms with E-state index in [4.69, 9.17) is 4.74 Å². The molecule has 0 aliphatic heterocycles. The number of hydrogen-bond donors (Lipinski definition) is 2. The zero-order valence-corrected chi connectivity index (χ0v) is 18.5. The van der Waals surface area contributed by atoms with Crippen LogP contribution in [0.2, 0.25) is 0 Å². The molecule has 0 radical (unpaired) electrons. The zero-order valence-electron chi connectivity index (χ0n) is 17.7. The van der Waals surface area contributed by atoms with E-state index in [0.29, 0.717) is 12.3 Å². The Morgan fingerprint density at radius 1 is 0.848 bits per heavy atom. The third-order valence-electron chi connectivity index (χ3n) is 5.81. The minimum atomic E-state index is -1.24. The van der Waals surface area contributed by atoms with Crippen molar-refractivity contribution >= 4 is 29.2 Å². The standard InChI is InChI=1S/C25H23NO6S/c27-23(20-13-21(24(28)29)22(20)25(30)31)26(15-19-7-4-12-33-19)14-16-8-10-18(11-9-16)32-17-5-2-1-3-6-17/h1-12,20-22H,13-15H2,(H,28,29)(H,30,31). The van der Waals surface area contributed by atoms with Gasteiger partial charge in [0.1, 0.15) is 11.5 Å². The van der Waals surface area contributed by atoms with Gasteiger partial charge in [0.2, 0.25) is 5.91 Å². The summed E-state index contributed by atoms with van der Waals surface area (Å²) < 4.78 is 5.81. The fraction of sp³-hybridized carbons (Fsp3) is 0.240. The SMILES string of the molecule is O=C(O)C1CC(C(=O)N(Cc2ccc(Oc3ccccc3)cc2)Cc2cccs2)C1C(=O)O. The Hall–Kier alpha value is -3.65. The molecule has 3 unspecified atom stereocenters. The van der Waals surface area contributed by atoms with Crippen molar-refractivity contribution in [2.75, 3.05) is 0 Å². The van der Waals surface area contributed by atoms with E-state index in [0.717, 1.165) is 16.2 Å². The Balaban J connectivity index is 1.49. The van der Waals surface area contributed by atoms with Gasteiger partial charge in [-0.05, 0) is 47.7 Å². The Labute approximate surface area is 194 Å². The molecule has 4 rings (SSSR count). The van der Waals surface area contributed by atoms with Crippen LogP contribution >= 0.6 is 11.3 Å². The largest absolute Gasteiger partial charge is 0.481 e. The number of thiophene rings is 1. The fourth-order valence-corrected chi connectivity index (χ4v) is 4.77. The molecular formula is C25H23NO6S. The molecule has 3 aromatic rings. The van der Waals surface area contributed by atoms with Crippen LogP contribution in [-0.4, -0.2) is 33.0 Å². The summed E-state index contributed by atoms with van der Waals surface area (Å²) in [5.41, 5.74) is 0.862. The normalized spacial score (nSPS) is 19.3. The number of hydrogen-bond acceptors (Lipinski definition) is 5. The minimum Gasteiger partial charge on any atom is -0.481 e. The molecule has 0 bridgehead atoms. The summed E-state index contributed by atoms with van der Waals surface area (Å²) >= 11 is 1.51. The molecule has 1 amide bonds. The summed E-state index contributed by atoms with van der Waals surface area (Å²) in [6.45, 7) is 0.613. The van der Waals surface area contributed by atoms with Crippen LogP contribution in [0, 0.1) is 17.8 Å². The van der Waals surface area contributed by atoms with Gasteiger partial charge < -0.3 is 19.8 Å². The van der Waals surface area contributed by atoms with Crippen LogP contribution in [0.25, 0.3) is 0 Å². The second kappa shape index (κ2) is 9.87. The number of benzene rings is 2. The van der Waals surface area contributed by atoms with Gasteiger partial charge in [0.15, 0.2) is 0 Å². The Kier molecular flexibility index (Phi) is 6.74. The quantitative estimate of drug-likeness (QED) is 0.483. The highest BCUT2D eigenvalue weighted by Crippen LogP contribution is 2.42. The number of carboxylic acids is 2. The van der Waals surface area contributed by atoms with Gasteiger partial charge in [-0.1, -0.05) is 36.4 Å². The molecule has 1 fully saturated rings. The molecule has 1 aliphatic rings. The number of para-hydroxylation sites is 1. The van der Waals surface area contributed by atoms with Crippen molar-refractivity contribution in [3.63, 3.8) is 0 Å². The molecule has 2 N–H and O–H groups in total. The summed E-state index contributed by atoms with van der Waals surface area (Å²) in [7, 11) is 0.